The second kappa shape index (κ2) is 6.90. The SMILES string of the molecule is O=[N+]([O-])c1ccc(C=C2SC=C(c3ccc([N+](=O)[O-])cc3)S2)cc1. The molecule has 0 atom stereocenters. The van der Waals surface area contributed by atoms with Crippen LogP contribution >= 0.6 is 23.5 Å². The summed E-state index contributed by atoms with van der Waals surface area (Å²) in [6, 6.07) is 12.8. The minimum Gasteiger partial charge on any atom is -0.258 e. The minimum atomic E-state index is -0.426. The molecule has 0 amide bonds. The molecule has 0 radical (unpaired) electrons. The molecule has 0 saturated heterocycles. The second-order valence-corrected chi connectivity index (χ2v) is 7.07. The number of nitro benzene ring substituents is 2. The fraction of sp³-hybridized carbons (Fsp3) is 0. The maximum Gasteiger partial charge on any atom is 0.269 e. The molecule has 0 spiro atoms. The third-order valence-corrected chi connectivity index (χ3v) is 5.53. The minimum absolute atomic E-state index is 0.0635. The van der Waals surface area contributed by atoms with Crippen LogP contribution in [0.25, 0.3) is 11.0 Å². The Bertz CT molecular complexity index is 859. The van der Waals surface area contributed by atoms with Crippen molar-refractivity contribution in [1.29, 1.82) is 0 Å². The molecule has 2 aromatic rings. The van der Waals surface area contributed by atoms with Gasteiger partial charge in [-0.1, -0.05) is 23.5 Å². The highest BCUT2D eigenvalue weighted by atomic mass is 32.2. The first-order chi connectivity index (χ1) is 11.5. The van der Waals surface area contributed by atoms with E-state index in [1.54, 1.807) is 47.8 Å². The number of rotatable bonds is 4. The first kappa shape index (κ1) is 16.3. The molecular weight excluding hydrogens is 348 g/mol. The van der Waals surface area contributed by atoms with E-state index in [1.807, 2.05) is 11.5 Å². The molecule has 24 heavy (non-hydrogen) atoms. The molecular formula is C16H10N2O4S2. The van der Waals surface area contributed by atoms with E-state index in [-0.39, 0.29) is 11.4 Å². The molecule has 0 saturated carbocycles. The van der Waals surface area contributed by atoms with Crippen molar-refractivity contribution < 1.29 is 9.85 Å². The van der Waals surface area contributed by atoms with Gasteiger partial charge in [0.2, 0.25) is 0 Å². The van der Waals surface area contributed by atoms with Crippen LogP contribution in [0.1, 0.15) is 11.1 Å². The molecule has 0 bridgehead atoms. The summed E-state index contributed by atoms with van der Waals surface area (Å²) in [7, 11) is 0. The topological polar surface area (TPSA) is 86.3 Å². The van der Waals surface area contributed by atoms with Crippen molar-refractivity contribution in [3.05, 3.63) is 89.5 Å². The number of benzene rings is 2. The first-order valence-electron chi connectivity index (χ1n) is 6.78. The van der Waals surface area contributed by atoms with Gasteiger partial charge in [-0.3, -0.25) is 20.2 Å². The Morgan fingerprint density at radius 3 is 1.92 bits per heavy atom. The summed E-state index contributed by atoms with van der Waals surface area (Å²) in [5.41, 5.74) is 1.93. The van der Waals surface area contributed by atoms with Crippen LogP contribution in [0.4, 0.5) is 11.4 Å². The van der Waals surface area contributed by atoms with Crippen LogP contribution in [0, 0.1) is 20.2 Å². The van der Waals surface area contributed by atoms with Gasteiger partial charge in [-0.15, -0.1) is 0 Å². The van der Waals surface area contributed by atoms with Gasteiger partial charge in [0, 0.05) is 33.4 Å². The van der Waals surface area contributed by atoms with Gasteiger partial charge >= 0.3 is 0 Å². The fourth-order valence-corrected chi connectivity index (χ4v) is 4.21. The van der Waals surface area contributed by atoms with Gasteiger partial charge < -0.3 is 0 Å². The summed E-state index contributed by atoms with van der Waals surface area (Å²) in [5.74, 6) is 0. The van der Waals surface area contributed by atoms with E-state index in [0.29, 0.717) is 0 Å². The van der Waals surface area contributed by atoms with Gasteiger partial charge in [0.15, 0.2) is 0 Å². The van der Waals surface area contributed by atoms with Crippen molar-refractivity contribution in [2.75, 3.05) is 0 Å². The molecule has 8 heteroatoms. The van der Waals surface area contributed by atoms with Gasteiger partial charge in [-0.05, 0) is 46.9 Å². The van der Waals surface area contributed by atoms with Crippen molar-refractivity contribution in [3.8, 4) is 0 Å². The van der Waals surface area contributed by atoms with Crippen LogP contribution < -0.4 is 0 Å². The summed E-state index contributed by atoms with van der Waals surface area (Å²) in [4.78, 5) is 21.5. The Balaban J connectivity index is 1.71. The summed E-state index contributed by atoms with van der Waals surface area (Å²) >= 11 is 3.12. The van der Waals surface area contributed by atoms with E-state index in [2.05, 4.69) is 0 Å². The monoisotopic (exact) mass is 358 g/mol. The highest BCUT2D eigenvalue weighted by Gasteiger charge is 2.15. The third kappa shape index (κ3) is 3.66. The molecule has 6 nitrogen and oxygen atoms in total. The average molecular weight is 358 g/mol. The zero-order valence-electron chi connectivity index (χ0n) is 12.1. The fourth-order valence-electron chi connectivity index (χ4n) is 2.03. The normalized spacial score (nSPS) is 15.3. The Kier molecular flexibility index (Phi) is 4.68. The van der Waals surface area contributed by atoms with Crippen molar-refractivity contribution >= 4 is 45.9 Å². The zero-order chi connectivity index (χ0) is 17.1. The zero-order valence-corrected chi connectivity index (χ0v) is 13.8. The molecule has 0 fully saturated rings. The molecule has 1 heterocycles. The van der Waals surface area contributed by atoms with Gasteiger partial charge in [0.1, 0.15) is 0 Å². The molecule has 1 aliphatic rings. The molecule has 0 unspecified atom stereocenters. The van der Waals surface area contributed by atoms with Crippen LogP contribution in [0.3, 0.4) is 0 Å². The van der Waals surface area contributed by atoms with Gasteiger partial charge in [0.05, 0.1) is 9.85 Å². The molecule has 3 rings (SSSR count). The van der Waals surface area contributed by atoms with Crippen molar-refractivity contribution in [3.63, 3.8) is 0 Å². The van der Waals surface area contributed by atoms with Crippen LogP contribution in [0.15, 0.2) is 58.2 Å². The molecule has 1 aliphatic heterocycles. The second-order valence-electron chi connectivity index (χ2n) is 4.82. The average Bonchev–Trinajstić information content (AvgIpc) is 3.04. The predicted molar refractivity (Wildman–Crippen MR) is 97.3 cm³/mol. The van der Waals surface area contributed by atoms with E-state index < -0.39 is 9.85 Å². The Hall–Kier alpha value is -2.58. The highest BCUT2D eigenvalue weighted by Crippen LogP contribution is 2.49. The number of non-ortho nitro benzene ring substituents is 2. The summed E-state index contributed by atoms with van der Waals surface area (Å²) in [6.07, 6.45) is 1.95. The van der Waals surface area contributed by atoms with Crippen LogP contribution in [0.2, 0.25) is 0 Å². The number of thioether (sulfide) groups is 2. The Morgan fingerprint density at radius 2 is 1.38 bits per heavy atom. The first-order valence-corrected chi connectivity index (χ1v) is 8.48. The molecule has 0 aliphatic carbocycles. The van der Waals surface area contributed by atoms with Crippen molar-refractivity contribution in [1.82, 2.24) is 0 Å². The largest absolute Gasteiger partial charge is 0.269 e. The van der Waals surface area contributed by atoms with Crippen molar-refractivity contribution in [2.45, 2.75) is 0 Å². The van der Waals surface area contributed by atoms with Crippen LogP contribution in [-0.4, -0.2) is 9.85 Å². The van der Waals surface area contributed by atoms with Crippen molar-refractivity contribution in [2.24, 2.45) is 0 Å². The van der Waals surface area contributed by atoms with E-state index in [9.17, 15) is 20.2 Å². The Labute approximate surface area is 145 Å². The summed E-state index contributed by atoms with van der Waals surface area (Å²) in [5, 5.41) is 23.3. The van der Waals surface area contributed by atoms with E-state index in [1.165, 1.54) is 24.3 Å². The van der Waals surface area contributed by atoms with Gasteiger partial charge in [0.25, 0.3) is 11.4 Å². The molecule has 0 aromatic heterocycles. The summed E-state index contributed by atoms with van der Waals surface area (Å²) < 4.78 is 1.04. The lowest BCUT2D eigenvalue weighted by Gasteiger charge is -2.01. The maximum atomic E-state index is 10.7. The van der Waals surface area contributed by atoms with Crippen LogP contribution in [-0.2, 0) is 0 Å². The summed E-state index contributed by atoms with van der Waals surface area (Å²) in [6.45, 7) is 0. The van der Waals surface area contributed by atoms with Gasteiger partial charge in [-0.25, -0.2) is 0 Å². The van der Waals surface area contributed by atoms with E-state index >= 15 is 0 Å². The lowest BCUT2D eigenvalue weighted by Crippen LogP contribution is -1.87. The van der Waals surface area contributed by atoms with E-state index in [0.717, 1.165) is 20.3 Å². The lowest BCUT2D eigenvalue weighted by atomic mass is 10.2. The maximum absolute atomic E-state index is 10.7. The molecule has 2 aromatic carbocycles. The van der Waals surface area contributed by atoms with E-state index in [4.69, 9.17) is 0 Å². The molecule has 0 N–H and O–H groups in total. The van der Waals surface area contributed by atoms with Gasteiger partial charge in [-0.2, -0.15) is 0 Å². The lowest BCUT2D eigenvalue weighted by molar-refractivity contribution is -0.385. The smallest absolute Gasteiger partial charge is 0.258 e. The Morgan fingerprint density at radius 1 is 0.833 bits per heavy atom. The number of nitrogens with zero attached hydrogens (tertiary/aromatic N) is 2. The third-order valence-electron chi connectivity index (χ3n) is 3.24. The van der Waals surface area contributed by atoms with Crippen LogP contribution in [0.5, 0.6) is 0 Å². The standard InChI is InChI=1S/C16H10N2O4S2/c19-17(20)13-5-1-11(2-6-13)9-16-23-10-15(24-16)12-3-7-14(8-4-12)18(21)22/h1-10H. The quantitative estimate of drug-likeness (QED) is 0.546. The predicted octanol–water partition coefficient (Wildman–Crippen LogP) is 5.28. The highest BCUT2D eigenvalue weighted by molar-refractivity contribution is 8.31. The number of hydrogen-bond acceptors (Lipinski definition) is 6. The molecule has 120 valence electrons. The number of hydrogen-bond donors (Lipinski definition) is 0. The number of nitro groups is 2.